The number of hydrogen-bond acceptors (Lipinski definition) is 4. The summed E-state index contributed by atoms with van der Waals surface area (Å²) in [5, 5.41) is 3.25. The van der Waals surface area contributed by atoms with Gasteiger partial charge in [-0.3, -0.25) is 0 Å². The summed E-state index contributed by atoms with van der Waals surface area (Å²) >= 11 is 4.92. The summed E-state index contributed by atoms with van der Waals surface area (Å²) in [7, 11) is 1.67. The average Bonchev–Trinajstić information content (AvgIpc) is 2.41. The normalized spacial score (nSPS) is 10.2. The van der Waals surface area contributed by atoms with E-state index >= 15 is 0 Å². The van der Waals surface area contributed by atoms with E-state index < -0.39 is 0 Å². The number of rotatable bonds is 5. The van der Waals surface area contributed by atoms with Crippen molar-refractivity contribution in [3.8, 4) is 0 Å². The van der Waals surface area contributed by atoms with Crippen LogP contribution < -0.4 is 11.1 Å². The molecule has 0 fully saturated rings. The van der Waals surface area contributed by atoms with Crippen LogP contribution in [0.5, 0.6) is 0 Å². The van der Waals surface area contributed by atoms with Crippen molar-refractivity contribution in [3.05, 3.63) is 53.7 Å². The van der Waals surface area contributed by atoms with Gasteiger partial charge >= 0.3 is 0 Å². The van der Waals surface area contributed by atoms with Gasteiger partial charge < -0.3 is 15.8 Å². The number of anilines is 2. The molecule has 0 bridgehead atoms. The molecule has 3 N–H and O–H groups in total. The zero-order valence-corrected chi connectivity index (χ0v) is 11.4. The number of thiocarbonyl (C=S) groups is 1. The van der Waals surface area contributed by atoms with Crippen molar-refractivity contribution in [1.82, 2.24) is 4.98 Å². The van der Waals surface area contributed by atoms with Crippen LogP contribution in [0.3, 0.4) is 0 Å². The van der Waals surface area contributed by atoms with E-state index in [9.17, 15) is 0 Å². The Hall–Kier alpha value is -1.98. The summed E-state index contributed by atoms with van der Waals surface area (Å²) in [5.74, 6) is 0.703. The van der Waals surface area contributed by atoms with E-state index in [1.807, 2.05) is 36.4 Å². The predicted octanol–water partition coefficient (Wildman–Crippen LogP) is 2.61. The molecule has 1 aromatic heterocycles. The quantitative estimate of drug-likeness (QED) is 0.820. The maximum absolute atomic E-state index is 5.57. The van der Waals surface area contributed by atoms with Gasteiger partial charge in [-0.1, -0.05) is 36.5 Å². The number of nitrogens with two attached hydrogens (primary N) is 1. The number of para-hydroxylation sites is 1. The van der Waals surface area contributed by atoms with E-state index in [1.54, 1.807) is 13.2 Å². The Kier molecular flexibility index (Phi) is 4.43. The van der Waals surface area contributed by atoms with Gasteiger partial charge in [-0.15, -0.1) is 0 Å². The molecule has 5 heteroatoms. The Labute approximate surface area is 117 Å². The first kappa shape index (κ1) is 13.5. The molecule has 0 amide bonds. The average molecular weight is 273 g/mol. The third-order valence-electron chi connectivity index (χ3n) is 2.58. The third-order valence-corrected chi connectivity index (χ3v) is 2.79. The molecule has 0 atom stereocenters. The van der Waals surface area contributed by atoms with E-state index in [0.717, 1.165) is 11.3 Å². The lowest BCUT2D eigenvalue weighted by atomic mass is 10.2. The maximum atomic E-state index is 5.57. The van der Waals surface area contributed by atoms with Gasteiger partial charge in [-0.25, -0.2) is 4.98 Å². The second kappa shape index (κ2) is 6.26. The molecular formula is C14H15N3OS. The number of aromatic nitrogens is 1. The third kappa shape index (κ3) is 3.49. The molecule has 0 radical (unpaired) electrons. The van der Waals surface area contributed by atoms with Crippen LogP contribution in [-0.4, -0.2) is 17.1 Å². The fourth-order valence-electron chi connectivity index (χ4n) is 1.70. The minimum atomic E-state index is 0.286. The van der Waals surface area contributed by atoms with Crippen LogP contribution in [0.25, 0.3) is 0 Å². The monoisotopic (exact) mass is 273 g/mol. The first-order valence-electron chi connectivity index (χ1n) is 5.81. The Balaban J connectivity index is 2.26. The smallest absolute Gasteiger partial charge is 0.131 e. The topological polar surface area (TPSA) is 60.2 Å². The summed E-state index contributed by atoms with van der Waals surface area (Å²) in [4.78, 5) is 4.64. The van der Waals surface area contributed by atoms with Gasteiger partial charge in [0.05, 0.1) is 12.3 Å². The number of ether oxygens (including phenoxy) is 1. The Bertz CT molecular complexity index is 586. The lowest BCUT2D eigenvalue weighted by Crippen LogP contribution is -2.12. The molecule has 1 aromatic carbocycles. The predicted molar refractivity (Wildman–Crippen MR) is 80.6 cm³/mol. The molecule has 19 heavy (non-hydrogen) atoms. The summed E-state index contributed by atoms with van der Waals surface area (Å²) in [5.41, 5.74) is 8.19. The van der Waals surface area contributed by atoms with Crippen LogP contribution in [0.1, 0.15) is 11.3 Å². The number of methoxy groups -OCH3 is 1. The van der Waals surface area contributed by atoms with Crippen LogP contribution in [0.4, 0.5) is 11.5 Å². The van der Waals surface area contributed by atoms with Gasteiger partial charge in [0.1, 0.15) is 10.8 Å². The minimum absolute atomic E-state index is 0.286. The lowest BCUT2D eigenvalue weighted by molar-refractivity contribution is 0.185. The zero-order chi connectivity index (χ0) is 13.7. The first-order valence-corrected chi connectivity index (χ1v) is 6.22. The second-order valence-corrected chi connectivity index (χ2v) is 4.43. The highest BCUT2D eigenvalue weighted by atomic mass is 32.1. The van der Waals surface area contributed by atoms with E-state index in [4.69, 9.17) is 22.7 Å². The summed E-state index contributed by atoms with van der Waals surface area (Å²) in [6.07, 6.45) is 0. The molecule has 0 aliphatic heterocycles. The summed E-state index contributed by atoms with van der Waals surface area (Å²) in [6.45, 7) is 0.540. The highest BCUT2D eigenvalue weighted by Crippen LogP contribution is 2.20. The molecule has 0 spiro atoms. The molecule has 98 valence electrons. The molecule has 4 nitrogen and oxygen atoms in total. The minimum Gasteiger partial charge on any atom is -0.388 e. The zero-order valence-electron chi connectivity index (χ0n) is 10.6. The Morgan fingerprint density at radius 1 is 1.26 bits per heavy atom. The summed E-state index contributed by atoms with van der Waals surface area (Å²) in [6, 6.07) is 13.4. The van der Waals surface area contributed by atoms with Gasteiger partial charge in [0, 0.05) is 18.4 Å². The van der Waals surface area contributed by atoms with E-state index in [0.29, 0.717) is 18.1 Å². The molecule has 2 aromatic rings. The van der Waals surface area contributed by atoms with Gasteiger partial charge in [-0.2, -0.15) is 0 Å². The first-order chi connectivity index (χ1) is 9.20. The van der Waals surface area contributed by atoms with Crippen molar-refractivity contribution in [2.24, 2.45) is 5.73 Å². The molecular weight excluding hydrogens is 258 g/mol. The van der Waals surface area contributed by atoms with Crippen LogP contribution >= 0.6 is 12.2 Å². The number of nitrogens with one attached hydrogen (secondary N) is 1. The molecule has 2 rings (SSSR count). The Morgan fingerprint density at radius 2 is 2.05 bits per heavy atom. The number of pyridine rings is 1. The highest BCUT2D eigenvalue weighted by molar-refractivity contribution is 7.80. The van der Waals surface area contributed by atoms with Crippen LogP contribution in [0, 0.1) is 0 Å². The fraction of sp³-hybridized carbons (Fsp3) is 0.143. The number of nitrogens with zero attached hydrogens (tertiary/aromatic N) is 1. The van der Waals surface area contributed by atoms with Crippen LogP contribution in [0.2, 0.25) is 0 Å². The summed E-state index contributed by atoms with van der Waals surface area (Å²) < 4.78 is 5.17. The number of benzene rings is 1. The maximum Gasteiger partial charge on any atom is 0.131 e. The number of hydrogen-bond donors (Lipinski definition) is 2. The van der Waals surface area contributed by atoms with Crippen molar-refractivity contribution in [2.75, 3.05) is 12.4 Å². The van der Waals surface area contributed by atoms with Gasteiger partial charge in [0.15, 0.2) is 0 Å². The fourth-order valence-corrected chi connectivity index (χ4v) is 1.82. The molecule has 1 heterocycles. The van der Waals surface area contributed by atoms with Crippen molar-refractivity contribution < 1.29 is 4.74 Å². The standard InChI is InChI=1S/C14H15N3OS/c1-18-9-10-5-2-3-6-11(10)16-13-8-4-7-12(17-13)14(15)19/h2-8H,9H2,1H3,(H2,15,19)(H,16,17). The molecule has 0 saturated heterocycles. The van der Waals surface area contributed by atoms with Crippen molar-refractivity contribution in [2.45, 2.75) is 6.61 Å². The van der Waals surface area contributed by atoms with Crippen molar-refractivity contribution in [3.63, 3.8) is 0 Å². The molecule has 0 aliphatic carbocycles. The van der Waals surface area contributed by atoms with Crippen molar-refractivity contribution >= 4 is 28.7 Å². The van der Waals surface area contributed by atoms with E-state index in [-0.39, 0.29) is 4.99 Å². The van der Waals surface area contributed by atoms with Crippen LogP contribution in [-0.2, 0) is 11.3 Å². The second-order valence-electron chi connectivity index (χ2n) is 3.99. The van der Waals surface area contributed by atoms with Crippen LogP contribution in [0.15, 0.2) is 42.5 Å². The van der Waals surface area contributed by atoms with Crippen molar-refractivity contribution in [1.29, 1.82) is 0 Å². The SMILES string of the molecule is COCc1ccccc1Nc1cccc(C(N)=S)n1. The lowest BCUT2D eigenvalue weighted by Gasteiger charge is -2.11. The van der Waals surface area contributed by atoms with Gasteiger partial charge in [-0.05, 0) is 18.2 Å². The Morgan fingerprint density at radius 3 is 2.79 bits per heavy atom. The van der Waals surface area contributed by atoms with Gasteiger partial charge in [0.25, 0.3) is 0 Å². The molecule has 0 saturated carbocycles. The molecule has 0 unspecified atom stereocenters. The highest BCUT2D eigenvalue weighted by Gasteiger charge is 2.04. The van der Waals surface area contributed by atoms with E-state index in [1.165, 1.54) is 0 Å². The largest absolute Gasteiger partial charge is 0.388 e. The van der Waals surface area contributed by atoms with E-state index in [2.05, 4.69) is 10.3 Å². The molecule has 0 aliphatic rings. The van der Waals surface area contributed by atoms with Gasteiger partial charge in [0.2, 0.25) is 0 Å².